The van der Waals surface area contributed by atoms with Crippen LogP contribution in [-0.2, 0) is 17.6 Å². The first-order valence-electron chi connectivity index (χ1n) is 10.6. The molecule has 6 heteroatoms. The van der Waals surface area contributed by atoms with E-state index in [1.54, 1.807) is 0 Å². The minimum atomic E-state index is -0.834. The molecular formula is C25H30N2O4. The quantitative estimate of drug-likeness (QED) is 0.473. The number of rotatable bonds is 11. The van der Waals surface area contributed by atoms with Crippen molar-refractivity contribution in [1.82, 2.24) is 10.3 Å². The summed E-state index contributed by atoms with van der Waals surface area (Å²) in [5.74, 6) is 1.73. The van der Waals surface area contributed by atoms with E-state index in [1.165, 1.54) is 0 Å². The van der Waals surface area contributed by atoms with Gasteiger partial charge in [0.25, 0.3) is 0 Å². The Morgan fingerprint density at radius 2 is 1.84 bits per heavy atom. The minimum Gasteiger partial charge on any atom is -0.493 e. The van der Waals surface area contributed by atoms with Gasteiger partial charge in [-0.1, -0.05) is 44.2 Å². The fourth-order valence-electron chi connectivity index (χ4n) is 3.21. The van der Waals surface area contributed by atoms with Gasteiger partial charge in [0.05, 0.1) is 12.3 Å². The maximum absolute atomic E-state index is 11.5. The molecule has 0 radical (unpaired) electrons. The monoisotopic (exact) mass is 422 g/mol. The standard InChI is InChI=1S/C25H30N2O4/c1-17(2)16-26-23(25(28)29)15-19-9-11-21(12-10-19)30-14-13-22-18(3)31-24(27-22)20-7-5-4-6-8-20/h4-12,17,23,26H,13-16H2,1-3H3,(H,28,29)/t23-/m0/s1. The summed E-state index contributed by atoms with van der Waals surface area (Å²) in [6.45, 7) is 7.18. The number of carboxylic acid groups (broad SMARTS) is 1. The number of oxazole rings is 1. The largest absolute Gasteiger partial charge is 0.493 e. The predicted octanol–water partition coefficient (Wildman–Crippen LogP) is 4.51. The lowest BCUT2D eigenvalue weighted by molar-refractivity contribution is -0.139. The number of carbonyl (C=O) groups is 1. The molecule has 3 rings (SSSR count). The summed E-state index contributed by atoms with van der Waals surface area (Å²) in [6.07, 6.45) is 1.08. The topological polar surface area (TPSA) is 84.6 Å². The smallest absolute Gasteiger partial charge is 0.321 e. The van der Waals surface area contributed by atoms with E-state index in [4.69, 9.17) is 9.15 Å². The Balaban J connectivity index is 1.52. The summed E-state index contributed by atoms with van der Waals surface area (Å²) in [5, 5.41) is 12.5. The Morgan fingerprint density at radius 1 is 1.13 bits per heavy atom. The zero-order valence-electron chi connectivity index (χ0n) is 18.3. The van der Waals surface area contributed by atoms with Crippen molar-refractivity contribution in [2.24, 2.45) is 5.92 Å². The van der Waals surface area contributed by atoms with Gasteiger partial charge in [0.1, 0.15) is 17.6 Å². The first-order chi connectivity index (χ1) is 14.9. The lowest BCUT2D eigenvalue weighted by atomic mass is 10.1. The third-order valence-electron chi connectivity index (χ3n) is 4.95. The van der Waals surface area contributed by atoms with Crippen LogP contribution in [0.2, 0.25) is 0 Å². The van der Waals surface area contributed by atoms with E-state index < -0.39 is 12.0 Å². The van der Waals surface area contributed by atoms with Crippen molar-refractivity contribution in [1.29, 1.82) is 0 Å². The van der Waals surface area contributed by atoms with Crippen LogP contribution in [0.5, 0.6) is 5.75 Å². The number of hydrogen-bond donors (Lipinski definition) is 2. The molecule has 0 spiro atoms. The molecule has 0 aliphatic carbocycles. The summed E-state index contributed by atoms with van der Waals surface area (Å²) in [7, 11) is 0. The number of aryl methyl sites for hydroxylation is 1. The Bertz CT molecular complexity index is 965. The number of benzene rings is 2. The first kappa shape index (κ1) is 22.6. The summed E-state index contributed by atoms with van der Waals surface area (Å²) in [4.78, 5) is 16.1. The average molecular weight is 423 g/mol. The van der Waals surface area contributed by atoms with Gasteiger partial charge >= 0.3 is 5.97 Å². The average Bonchev–Trinajstić information content (AvgIpc) is 3.13. The maximum atomic E-state index is 11.5. The third kappa shape index (κ3) is 6.69. The molecule has 1 atom stereocenters. The van der Waals surface area contributed by atoms with Crippen LogP contribution in [0, 0.1) is 12.8 Å². The molecule has 2 aromatic carbocycles. The second-order valence-electron chi connectivity index (χ2n) is 8.03. The number of aliphatic carboxylic acids is 1. The van der Waals surface area contributed by atoms with Crippen molar-refractivity contribution in [3.63, 3.8) is 0 Å². The Hall–Kier alpha value is -3.12. The van der Waals surface area contributed by atoms with Crippen molar-refractivity contribution in [2.45, 2.75) is 39.7 Å². The number of ether oxygens (including phenoxy) is 1. The summed E-state index contributed by atoms with van der Waals surface area (Å²) >= 11 is 0. The van der Waals surface area contributed by atoms with Gasteiger partial charge in [-0.3, -0.25) is 4.79 Å². The van der Waals surface area contributed by atoms with E-state index in [9.17, 15) is 9.90 Å². The molecule has 3 aromatic rings. The normalized spacial score (nSPS) is 12.1. The van der Waals surface area contributed by atoms with Crippen molar-refractivity contribution >= 4 is 5.97 Å². The molecule has 0 saturated carbocycles. The van der Waals surface area contributed by atoms with Crippen molar-refractivity contribution < 1.29 is 19.1 Å². The molecule has 0 amide bonds. The van der Waals surface area contributed by atoms with Gasteiger partial charge in [0.2, 0.25) is 5.89 Å². The van der Waals surface area contributed by atoms with Crippen LogP contribution in [0.3, 0.4) is 0 Å². The van der Waals surface area contributed by atoms with Crippen LogP contribution in [0.4, 0.5) is 0 Å². The summed E-state index contributed by atoms with van der Waals surface area (Å²) in [5.41, 5.74) is 2.79. The van der Waals surface area contributed by atoms with Crippen molar-refractivity contribution in [3.8, 4) is 17.2 Å². The van der Waals surface area contributed by atoms with E-state index >= 15 is 0 Å². The summed E-state index contributed by atoms with van der Waals surface area (Å²) < 4.78 is 11.6. The fraction of sp³-hybridized carbons (Fsp3) is 0.360. The van der Waals surface area contributed by atoms with Crippen LogP contribution in [-0.4, -0.2) is 35.3 Å². The molecule has 1 heterocycles. The lowest BCUT2D eigenvalue weighted by Crippen LogP contribution is -2.40. The van der Waals surface area contributed by atoms with Gasteiger partial charge in [0.15, 0.2) is 0 Å². The van der Waals surface area contributed by atoms with E-state index in [1.807, 2.05) is 61.5 Å². The molecule has 0 bridgehead atoms. The molecule has 0 saturated heterocycles. The number of nitrogens with zero attached hydrogens (tertiary/aromatic N) is 1. The second-order valence-corrected chi connectivity index (χ2v) is 8.03. The molecule has 31 heavy (non-hydrogen) atoms. The summed E-state index contributed by atoms with van der Waals surface area (Å²) in [6, 6.07) is 16.8. The van der Waals surface area contributed by atoms with Gasteiger partial charge in [0, 0.05) is 12.0 Å². The van der Waals surface area contributed by atoms with Crippen LogP contribution in [0.25, 0.3) is 11.5 Å². The lowest BCUT2D eigenvalue weighted by Gasteiger charge is -2.16. The number of hydrogen-bond acceptors (Lipinski definition) is 5. The third-order valence-corrected chi connectivity index (χ3v) is 4.95. The van der Waals surface area contributed by atoms with Crippen LogP contribution in [0.15, 0.2) is 59.0 Å². The Labute approximate surface area is 183 Å². The van der Waals surface area contributed by atoms with Gasteiger partial charge in [-0.15, -0.1) is 0 Å². The molecule has 2 N–H and O–H groups in total. The molecule has 6 nitrogen and oxygen atoms in total. The highest BCUT2D eigenvalue weighted by molar-refractivity contribution is 5.73. The van der Waals surface area contributed by atoms with Crippen molar-refractivity contribution in [3.05, 3.63) is 71.6 Å². The van der Waals surface area contributed by atoms with Gasteiger partial charge in [-0.05, 0) is 55.6 Å². The first-order valence-corrected chi connectivity index (χ1v) is 10.6. The molecule has 1 aromatic heterocycles. The SMILES string of the molecule is Cc1oc(-c2ccccc2)nc1CCOc1ccc(C[C@H](NCC(C)C)C(=O)O)cc1. The highest BCUT2D eigenvalue weighted by Gasteiger charge is 2.17. The molecular weight excluding hydrogens is 392 g/mol. The number of nitrogens with one attached hydrogen (secondary N) is 1. The molecule has 164 valence electrons. The predicted molar refractivity (Wildman–Crippen MR) is 120 cm³/mol. The van der Waals surface area contributed by atoms with E-state index in [2.05, 4.69) is 24.1 Å². The van der Waals surface area contributed by atoms with Crippen LogP contribution in [0.1, 0.15) is 30.9 Å². The molecule has 0 unspecified atom stereocenters. The zero-order chi connectivity index (χ0) is 22.2. The van der Waals surface area contributed by atoms with Gasteiger partial charge in [-0.25, -0.2) is 4.98 Å². The van der Waals surface area contributed by atoms with Gasteiger partial charge in [-0.2, -0.15) is 0 Å². The number of aromatic nitrogens is 1. The van der Waals surface area contributed by atoms with Gasteiger partial charge < -0.3 is 19.6 Å². The molecule has 0 aliphatic rings. The van der Waals surface area contributed by atoms with Crippen LogP contribution < -0.4 is 10.1 Å². The maximum Gasteiger partial charge on any atom is 0.321 e. The highest BCUT2D eigenvalue weighted by Crippen LogP contribution is 2.22. The van der Waals surface area contributed by atoms with Crippen molar-refractivity contribution in [2.75, 3.05) is 13.2 Å². The van der Waals surface area contributed by atoms with E-state index in [-0.39, 0.29) is 0 Å². The fourth-order valence-corrected chi connectivity index (χ4v) is 3.21. The minimum absolute atomic E-state index is 0.398. The Kier molecular flexibility index (Phi) is 7.84. The highest BCUT2D eigenvalue weighted by atomic mass is 16.5. The van der Waals surface area contributed by atoms with E-state index in [0.717, 1.165) is 28.3 Å². The van der Waals surface area contributed by atoms with Crippen LogP contribution >= 0.6 is 0 Å². The molecule has 0 aliphatic heterocycles. The second kappa shape index (κ2) is 10.8. The zero-order valence-corrected chi connectivity index (χ0v) is 18.3. The number of carboxylic acids is 1. The molecule has 0 fully saturated rings. The Morgan fingerprint density at radius 3 is 2.48 bits per heavy atom. The van der Waals surface area contributed by atoms with E-state index in [0.29, 0.717) is 37.8 Å².